The lowest BCUT2D eigenvalue weighted by Crippen LogP contribution is -2.22. The minimum Gasteiger partial charge on any atom is -0.369 e. The van der Waals surface area contributed by atoms with Crippen LogP contribution in [0.4, 0.5) is 11.8 Å². The SMILES string of the molecule is CNc1ncc(C)c(NCC2(C(C)C)CC2)n1. The molecule has 17 heavy (non-hydrogen) atoms. The molecule has 4 heteroatoms. The molecule has 0 radical (unpaired) electrons. The summed E-state index contributed by atoms with van der Waals surface area (Å²) in [6.45, 7) is 7.67. The Kier molecular flexibility index (Phi) is 3.22. The van der Waals surface area contributed by atoms with Crippen LogP contribution in [0.2, 0.25) is 0 Å². The van der Waals surface area contributed by atoms with Crippen molar-refractivity contribution in [2.45, 2.75) is 33.6 Å². The molecule has 94 valence electrons. The first-order valence-electron chi connectivity index (χ1n) is 6.33. The van der Waals surface area contributed by atoms with Crippen molar-refractivity contribution >= 4 is 11.8 Å². The molecule has 1 aliphatic carbocycles. The van der Waals surface area contributed by atoms with Crippen LogP contribution in [0.1, 0.15) is 32.3 Å². The van der Waals surface area contributed by atoms with E-state index in [1.165, 1.54) is 12.8 Å². The zero-order chi connectivity index (χ0) is 12.5. The highest BCUT2D eigenvalue weighted by molar-refractivity contribution is 5.46. The van der Waals surface area contributed by atoms with Crippen LogP contribution in [0, 0.1) is 18.3 Å². The van der Waals surface area contributed by atoms with E-state index >= 15 is 0 Å². The van der Waals surface area contributed by atoms with Gasteiger partial charge in [0.2, 0.25) is 5.95 Å². The number of nitrogens with one attached hydrogen (secondary N) is 2. The lowest BCUT2D eigenvalue weighted by Gasteiger charge is -2.21. The number of hydrogen-bond donors (Lipinski definition) is 2. The molecule has 0 atom stereocenters. The highest BCUT2D eigenvalue weighted by Gasteiger charge is 2.45. The average Bonchev–Trinajstić information content (AvgIpc) is 3.09. The van der Waals surface area contributed by atoms with Gasteiger partial charge in [0.15, 0.2) is 0 Å². The van der Waals surface area contributed by atoms with E-state index in [4.69, 9.17) is 0 Å². The Labute approximate surface area is 103 Å². The van der Waals surface area contributed by atoms with Crippen LogP contribution in [0.5, 0.6) is 0 Å². The van der Waals surface area contributed by atoms with Crippen molar-refractivity contribution < 1.29 is 0 Å². The Balaban J connectivity index is 2.04. The average molecular weight is 234 g/mol. The van der Waals surface area contributed by atoms with Crippen LogP contribution < -0.4 is 10.6 Å². The van der Waals surface area contributed by atoms with Gasteiger partial charge in [0.05, 0.1) is 0 Å². The van der Waals surface area contributed by atoms with E-state index in [9.17, 15) is 0 Å². The van der Waals surface area contributed by atoms with Gasteiger partial charge in [0.25, 0.3) is 0 Å². The van der Waals surface area contributed by atoms with E-state index in [1.807, 2.05) is 20.2 Å². The maximum atomic E-state index is 4.45. The first-order valence-corrected chi connectivity index (χ1v) is 6.33. The molecule has 0 amide bonds. The van der Waals surface area contributed by atoms with Crippen LogP contribution in [-0.4, -0.2) is 23.6 Å². The molecule has 4 nitrogen and oxygen atoms in total. The minimum atomic E-state index is 0.497. The maximum absolute atomic E-state index is 4.45. The second-order valence-corrected chi connectivity index (χ2v) is 5.35. The van der Waals surface area contributed by atoms with E-state index in [-0.39, 0.29) is 0 Å². The summed E-state index contributed by atoms with van der Waals surface area (Å²) in [6, 6.07) is 0. The van der Waals surface area contributed by atoms with Crippen LogP contribution >= 0.6 is 0 Å². The van der Waals surface area contributed by atoms with Crippen LogP contribution in [0.15, 0.2) is 6.20 Å². The standard InChI is InChI=1S/C13H22N4/c1-9(2)13(5-6-13)8-16-11-10(3)7-15-12(14-4)17-11/h7,9H,5-6,8H2,1-4H3,(H2,14,15,16,17). The predicted octanol–water partition coefficient (Wildman–Crippen LogP) is 2.67. The molecule has 0 aromatic carbocycles. The summed E-state index contributed by atoms with van der Waals surface area (Å²) in [5, 5.41) is 6.45. The van der Waals surface area contributed by atoms with Crippen molar-refractivity contribution in [3.8, 4) is 0 Å². The van der Waals surface area contributed by atoms with Crippen molar-refractivity contribution in [2.24, 2.45) is 11.3 Å². The van der Waals surface area contributed by atoms with Gasteiger partial charge in [0.1, 0.15) is 5.82 Å². The lowest BCUT2D eigenvalue weighted by atomic mass is 9.92. The molecule has 0 unspecified atom stereocenters. The predicted molar refractivity (Wildman–Crippen MR) is 71.3 cm³/mol. The third-order valence-electron chi connectivity index (χ3n) is 3.92. The number of rotatable bonds is 5. The maximum Gasteiger partial charge on any atom is 0.224 e. The van der Waals surface area contributed by atoms with Gasteiger partial charge in [-0.15, -0.1) is 0 Å². The second kappa shape index (κ2) is 4.51. The van der Waals surface area contributed by atoms with Crippen LogP contribution in [-0.2, 0) is 0 Å². The zero-order valence-electron chi connectivity index (χ0n) is 11.2. The highest BCUT2D eigenvalue weighted by atomic mass is 15.1. The summed E-state index contributed by atoms with van der Waals surface area (Å²) < 4.78 is 0. The first kappa shape index (κ1) is 12.1. The Hall–Kier alpha value is -1.32. The smallest absolute Gasteiger partial charge is 0.224 e. The van der Waals surface area contributed by atoms with Gasteiger partial charge in [-0.2, -0.15) is 4.98 Å². The molecule has 1 aliphatic rings. The fourth-order valence-corrected chi connectivity index (χ4v) is 2.12. The van der Waals surface area contributed by atoms with Crippen molar-refractivity contribution in [3.05, 3.63) is 11.8 Å². The van der Waals surface area contributed by atoms with Crippen LogP contribution in [0.3, 0.4) is 0 Å². The van der Waals surface area contributed by atoms with E-state index in [0.717, 1.165) is 23.8 Å². The van der Waals surface area contributed by atoms with Crippen molar-refractivity contribution in [3.63, 3.8) is 0 Å². The van der Waals surface area contributed by atoms with Gasteiger partial charge in [-0.25, -0.2) is 4.98 Å². The normalized spacial score (nSPS) is 17.0. The molecule has 1 saturated carbocycles. The summed E-state index contributed by atoms with van der Waals surface area (Å²) in [5.41, 5.74) is 1.60. The van der Waals surface area contributed by atoms with Gasteiger partial charge in [0, 0.05) is 25.4 Å². The quantitative estimate of drug-likeness (QED) is 0.822. The summed E-state index contributed by atoms with van der Waals surface area (Å²) in [4.78, 5) is 8.64. The monoisotopic (exact) mass is 234 g/mol. The van der Waals surface area contributed by atoms with Crippen LogP contribution in [0.25, 0.3) is 0 Å². The second-order valence-electron chi connectivity index (χ2n) is 5.35. The Bertz CT molecular complexity index is 396. The van der Waals surface area contributed by atoms with E-state index in [0.29, 0.717) is 11.4 Å². The van der Waals surface area contributed by atoms with Gasteiger partial charge in [-0.3, -0.25) is 0 Å². The Morgan fingerprint density at radius 2 is 2.12 bits per heavy atom. The molecule has 0 aliphatic heterocycles. The molecule has 1 aromatic heterocycles. The zero-order valence-corrected chi connectivity index (χ0v) is 11.2. The number of aromatic nitrogens is 2. The molecule has 0 bridgehead atoms. The highest BCUT2D eigenvalue weighted by Crippen LogP contribution is 2.51. The molecule has 1 aromatic rings. The third-order valence-corrected chi connectivity index (χ3v) is 3.92. The molecule has 1 heterocycles. The third kappa shape index (κ3) is 2.51. The van der Waals surface area contributed by atoms with Crippen molar-refractivity contribution in [1.82, 2.24) is 9.97 Å². The van der Waals surface area contributed by atoms with E-state index in [2.05, 4.69) is 34.4 Å². The molecule has 2 rings (SSSR count). The lowest BCUT2D eigenvalue weighted by molar-refractivity contribution is 0.380. The van der Waals surface area contributed by atoms with Gasteiger partial charge < -0.3 is 10.6 Å². The van der Waals surface area contributed by atoms with Gasteiger partial charge in [-0.1, -0.05) is 13.8 Å². The molecule has 1 fully saturated rings. The Morgan fingerprint density at radius 3 is 2.65 bits per heavy atom. The minimum absolute atomic E-state index is 0.497. The number of anilines is 2. The summed E-state index contributed by atoms with van der Waals surface area (Å²) in [5.74, 6) is 2.37. The van der Waals surface area contributed by atoms with Crippen molar-refractivity contribution in [1.29, 1.82) is 0 Å². The molecular weight excluding hydrogens is 212 g/mol. The van der Waals surface area contributed by atoms with Crippen molar-refractivity contribution in [2.75, 3.05) is 24.2 Å². The summed E-state index contributed by atoms with van der Waals surface area (Å²) >= 11 is 0. The largest absolute Gasteiger partial charge is 0.369 e. The first-order chi connectivity index (χ1) is 8.07. The molecule has 2 N–H and O–H groups in total. The number of nitrogens with zero attached hydrogens (tertiary/aromatic N) is 2. The molecule has 0 saturated heterocycles. The molecule has 0 spiro atoms. The van der Waals surface area contributed by atoms with Gasteiger partial charge >= 0.3 is 0 Å². The van der Waals surface area contributed by atoms with E-state index in [1.54, 1.807) is 0 Å². The fourth-order valence-electron chi connectivity index (χ4n) is 2.12. The topological polar surface area (TPSA) is 49.8 Å². The fraction of sp³-hybridized carbons (Fsp3) is 0.692. The Morgan fingerprint density at radius 1 is 1.41 bits per heavy atom. The number of hydrogen-bond acceptors (Lipinski definition) is 4. The summed E-state index contributed by atoms with van der Waals surface area (Å²) in [7, 11) is 1.84. The van der Waals surface area contributed by atoms with E-state index < -0.39 is 0 Å². The van der Waals surface area contributed by atoms with Gasteiger partial charge in [-0.05, 0) is 31.1 Å². The molecular formula is C13H22N4. The number of aryl methyl sites for hydroxylation is 1. The summed E-state index contributed by atoms with van der Waals surface area (Å²) in [6.07, 6.45) is 4.53.